The molecule has 2 heterocycles. The molecule has 0 aliphatic carbocycles. The van der Waals surface area contributed by atoms with Gasteiger partial charge in [0, 0.05) is 13.2 Å². The lowest BCUT2D eigenvalue weighted by Gasteiger charge is -2.25. The van der Waals surface area contributed by atoms with E-state index >= 15 is 0 Å². The predicted octanol–water partition coefficient (Wildman–Crippen LogP) is 4.48. The highest BCUT2D eigenvalue weighted by Crippen LogP contribution is 2.39. The van der Waals surface area contributed by atoms with Gasteiger partial charge in [-0.3, -0.25) is 9.59 Å². The molecule has 162 valence electrons. The molecule has 4 rings (SSSR count). The van der Waals surface area contributed by atoms with Crippen molar-refractivity contribution in [2.24, 2.45) is 0 Å². The van der Waals surface area contributed by atoms with Crippen LogP contribution in [0.15, 0.2) is 45.6 Å². The predicted molar refractivity (Wildman–Crippen MR) is 119 cm³/mol. The van der Waals surface area contributed by atoms with E-state index in [1.165, 1.54) is 0 Å². The number of fused-ring (bicyclic) bond motifs is 2. The van der Waals surface area contributed by atoms with Crippen molar-refractivity contribution >= 4 is 16.9 Å². The van der Waals surface area contributed by atoms with Crippen molar-refractivity contribution in [3.05, 3.63) is 74.6 Å². The molecular weight excluding hydrogens is 394 g/mol. The summed E-state index contributed by atoms with van der Waals surface area (Å²) in [6.45, 7) is 8.64. The van der Waals surface area contributed by atoms with Crippen molar-refractivity contribution in [3.63, 3.8) is 0 Å². The van der Waals surface area contributed by atoms with E-state index in [2.05, 4.69) is 0 Å². The summed E-state index contributed by atoms with van der Waals surface area (Å²) in [4.78, 5) is 28.6. The fourth-order valence-electron chi connectivity index (χ4n) is 4.30. The average Bonchev–Trinajstić information content (AvgIpc) is 2.98. The number of phenols is 1. The van der Waals surface area contributed by atoms with Gasteiger partial charge in [0.25, 0.3) is 5.91 Å². The zero-order valence-electron chi connectivity index (χ0n) is 18.3. The van der Waals surface area contributed by atoms with Crippen molar-refractivity contribution in [1.82, 2.24) is 4.90 Å². The lowest BCUT2D eigenvalue weighted by molar-refractivity contribution is 0.0593. The standard InChI is InChI=1S/C25H27NO5/c1-14(2)30-10-6-9-26-21(17-7-5-8-18(27)13-17)20-22(28)19-12-15(3)11-16(4)23(19)31-24(20)25(26)29/h5,7-8,11-14,21,27H,6,9-10H2,1-4H3/t21-/m1/s1. The van der Waals surface area contributed by atoms with Crippen LogP contribution in [0, 0.1) is 13.8 Å². The Kier molecular flexibility index (Phi) is 5.58. The van der Waals surface area contributed by atoms with Crippen LogP contribution >= 0.6 is 0 Å². The third kappa shape index (κ3) is 3.83. The number of benzene rings is 2. The second-order valence-electron chi connectivity index (χ2n) is 8.40. The highest BCUT2D eigenvalue weighted by atomic mass is 16.5. The Labute approximate surface area is 181 Å². The van der Waals surface area contributed by atoms with Gasteiger partial charge in [0.15, 0.2) is 5.43 Å². The zero-order valence-corrected chi connectivity index (χ0v) is 18.3. The van der Waals surface area contributed by atoms with Crippen LogP contribution in [0.1, 0.15) is 59.1 Å². The topological polar surface area (TPSA) is 80.0 Å². The molecule has 0 radical (unpaired) electrons. The lowest BCUT2D eigenvalue weighted by atomic mass is 9.97. The van der Waals surface area contributed by atoms with E-state index in [-0.39, 0.29) is 28.9 Å². The van der Waals surface area contributed by atoms with Gasteiger partial charge in [0.2, 0.25) is 5.76 Å². The van der Waals surface area contributed by atoms with Crippen LogP contribution in [0.3, 0.4) is 0 Å². The molecule has 0 spiro atoms. The minimum atomic E-state index is -0.616. The van der Waals surface area contributed by atoms with E-state index in [0.717, 1.165) is 11.1 Å². The molecule has 0 saturated carbocycles. The molecule has 2 aromatic carbocycles. The molecule has 6 nitrogen and oxygen atoms in total. The molecule has 0 bridgehead atoms. The summed E-state index contributed by atoms with van der Waals surface area (Å²) >= 11 is 0. The number of carbonyl (C=O) groups excluding carboxylic acids is 1. The van der Waals surface area contributed by atoms with E-state index in [1.807, 2.05) is 39.8 Å². The number of hydrogen-bond acceptors (Lipinski definition) is 5. The average molecular weight is 421 g/mol. The van der Waals surface area contributed by atoms with Crippen LogP contribution < -0.4 is 5.43 Å². The lowest BCUT2D eigenvalue weighted by Crippen LogP contribution is -2.31. The molecule has 1 aromatic heterocycles. The monoisotopic (exact) mass is 421 g/mol. The molecule has 0 unspecified atom stereocenters. The molecule has 6 heteroatoms. The van der Waals surface area contributed by atoms with Gasteiger partial charge in [-0.05, 0) is 69.0 Å². The summed E-state index contributed by atoms with van der Waals surface area (Å²) in [7, 11) is 0. The van der Waals surface area contributed by atoms with Crippen molar-refractivity contribution in [2.75, 3.05) is 13.2 Å². The third-order valence-corrected chi connectivity index (χ3v) is 5.58. The van der Waals surface area contributed by atoms with Crippen molar-refractivity contribution < 1.29 is 19.1 Å². The number of ether oxygens (including phenoxy) is 1. The number of aromatic hydroxyl groups is 1. The van der Waals surface area contributed by atoms with Gasteiger partial charge < -0.3 is 19.2 Å². The Morgan fingerprint density at radius 1 is 1.16 bits per heavy atom. The van der Waals surface area contributed by atoms with E-state index in [0.29, 0.717) is 41.7 Å². The Morgan fingerprint density at radius 2 is 1.94 bits per heavy atom. The minimum absolute atomic E-state index is 0.0818. The van der Waals surface area contributed by atoms with Crippen molar-refractivity contribution in [2.45, 2.75) is 46.3 Å². The number of aryl methyl sites for hydroxylation is 2. The van der Waals surface area contributed by atoms with Crippen LogP contribution in [-0.2, 0) is 4.74 Å². The molecule has 0 fully saturated rings. The largest absolute Gasteiger partial charge is 0.508 e. The number of phenolic OH excluding ortho intramolecular Hbond substituents is 1. The molecule has 1 aliphatic heterocycles. The van der Waals surface area contributed by atoms with Crippen LogP contribution in [-0.4, -0.2) is 35.2 Å². The number of nitrogens with zero attached hydrogens (tertiary/aromatic N) is 1. The smallest absolute Gasteiger partial charge is 0.290 e. The summed E-state index contributed by atoms with van der Waals surface area (Å²) in [6.07, 6.45) is 0.729. The number of hydrogen-bond donors (Lipinski definition) is 1. The van der Waals surface area contributed by atoms with Gasteiger partial charge in [0.05, 0.1) is 23.1 Å². The first kappa shape index (κ1) is 21.1. The highest BCUT2D eigenvalue weighted by molar-refractivity contribution is 5.99. The Balaban J connectivity index is 1.86. The highest BCUT2D eigenvalue weighted by Gasteiger charge is 2.42. The maximum atomic E-state index is 13.6. The summed E-state index contributed by atoms with van der Waals surface area (Å²) < 4.78 is 11.7. The van der Waals surface area contributed by atoms with Gasteiger partial charge in [-0.2, -0.15) is 0 Å². The van der Waals surface area contributed by atoms with E-state index in [4.69, 9.17) is 9.15 Å². The third-order valence-electron chi connectivity index (χ3n) is 5.58. The normalized spacial score (nSPS) is 15.8. The molecule has 1 atom stereocenters. The van der Waals surface area contributed by atoms with E-state index in [9.17, 15) is 14.7 Å². The minimum Gasteiger partial charge on any atom is -0.508 e. The fraction of sp³-hybridized carbons (Fsp3) is 0.360. The summed E-state index contributed by atoms with van der Waals surface area (Å²) in [5.74, 6) is -0.146. The zero-order chi connectivity index (χ0) is 22.3. The second-order valence-corrected chi connectivity index (χ2v) is 8.40. The quantitative estimate of drug-likeness (QED) is 0.594. The number of carbonyl (C=O) groups is 1. The molecular formula is C25H27NO5. The Morgan fingerprint density at radius 3 is 2.65 bits per heavy atom. The van der Waals surface area contributed by atoms with E-state index < -0.39 is 6.04 Å². The molecule has 1 N–H and O–H groups in total. The van der Waals surface area contributed by atoms with Gasteiger partial charge in [-0.1, -0.05) is 18.2 Å². The van der Waals surface area contributed by atoms with Gasteiger partial charge >= 0.3 is 0 Å². The van der Waals surface area contributed by atoms with Gasteiger partial charge in [-0.25, -0.2) is 0 Å². The Hall–Kier alpha value is -3.12. The van der Waals surface area contributed by atoms with Crippen LogP contribution in [0.2, 0.25) is 0 Å². The molecule has 1 amide bonds. The molecule has 3 aromatic rings. The maximum Gasteiger partial charge on any atom is 0.290 e. The summed E-state index contributed by atoms with van der Waals surface area (Å²) in [6, 6.07) is 9.81. The van der Waals surface area contributed by atoms with Crippen molar-refractivity contribution in [1.29, 1.82) is 0 Å². The number of rotatable bonds is 6. The first-order chi connectivity index (χ1) is 14.8. The summed E-state index contributed by atoms with van der Waals surface area (Å²) in [5, 5.41) is 10.5. The summed E-state index contributed by atoms with van der Waals surface area (Å²) in [5.41, 5.74) is 3.03. The SMILES string of the molecule is Cc1cc(C)c2oc3c(c(=O)c2c1)[C@@H](c1cccc(O)c1)N(CCCOC(C)C)C3=O. The Bertz CT molecular complexity index is 1210. The fourth-order valence-corrected chi connectivity index (χ4v) is 4.30. The molecule has 0 saturated heterocycles. The van der Waals surface area contributed by atoms with Gasteiger partial charge in [-0.15, -0.1) is 0 Å². The first-order valence-electron chi connectivity index (χ1n) is 10.6. The van der Waals surface area contributed by atoms with Crippen LogP contribution in [0.25, 0.3) is 11.0 Å². The van der Waals surface area contributed by atoms with Gasteiger partial charge in [0.1, 0.15) is 11.3 Å². The van der Waals surface area contributed by atoms with E-state index in [1.54, 1.807) is 29.2 Å². The molecule has 31 heavy (non-hydrogen) atoms. The maximum absolute atomic E-state index is 13.6. The number of amides is 1. The second kappa shape index (κ2) is 8.19. The van der Waals surface area contributed by atoms with Crippen LogP contribution in [0.4, 0.5) is 0 Å². The first-order valence-corrected chi connectivity index (χ1v) is 10.6. The molecule has 1 aliphatic rings. The van der Waals surface area contributed by atoms with Crippen molar-refractivity contribution in [3.8, 4) is 5.75 Å². The van der Waals surface area contributed by atoms with Crippen LogP contribution in [0.5, 0.6) is 5.75 Å².